The van der Waals surface area contributed by atoms with Crippen LogP contribution in [0.3, 0.4) is 0 Å². The van der Waals surface area contributed by atoms with Crippen LogP contribution in [0.4, 0.5) is 0 Å². The van der Waals surface area contributed by atoms with E-state index < -0.39 is 0 Å². The average Bonchev–Trinajstić information content (AvgIpc) is 2.94. The van der Waals surface area contributed by atoms with Gasteiger partial charge in [0.15, 0.2) is 0 Å². The lowest BCUT2D eigenvalue weighted by molar-refractivity contribution is -0.118. The fraction of sp³-hybridized carbons (Fsp3) is 0.562. The summed E-state index contributed by atoms with van der Waals surface area (Å²) >= 11 is 6.37. The summed E-state index contributed by atoms with van der Waals surface area (Å²) in [5.74, 6) is -0.273. The van der Waals surface area contributed by atoms with Crippen molar-refractivity contribution < 1.29 is 4.79 Å². The van der Waals surface area contributed by atoms with E-state index in [0.717, 1.165) is 30.2 Å². The van der Waals surface area contributed by atoms with Crippen molar-refractivity contribution in [3.8, 4) is 0 Å². The van der Waals surface area contributed by atoms with Crippen molar-refractivity contribution in [2.75, 3.05) is 19.6 Å². The van der Waals surface area contributed by atoms with Crippen molar-refractivity contribution in [3.05, 3.63) is 34.9 Å². The molecule has 1 aromatic rings. The van der Waals surface area contributed by atoms with Crippen LogP contribution in [-0.4, -0.2) is 36.5 Å². The second kappa shape index (κ2) is 7.78. The zero-order valence-electron chi connectivity index (χ0n) is 12.5. The van der Waals surface area contributed by atoms with Gasteiger partial charge >= 0.3 is 0 Å². The molecule has 1 fully saturated rings. The van der Waals surface area contributed by atoms with Gasteiger partial charge in [-0.15, -0.1) is 0 Å². The second-order valence-corrected chi connectivity index (χ2v) is 6.17. The van der Waals surface area contributed by atoms with Gasteiger partial charge in [-0.05, 0) is 44.5 Å². The Hall–Kier alpha value is -1.10. The topological polar surface area (TPSA) is 58.4 Å². The lowest BCUT2D eigenvalue weighted by Crippen LogP contribution is -2.39. The van der Waals surface area contributed by atoms with Crippen LogP contribution in [0.25, 0.3) is 0 Å². The number of nitrogens with one attached hydrogen (secondary N) is 1. The van der Waals surface area contributed by atoms with Crippen LogP contribution in [0.1, 0.15) is 37.8 Å². The maximum atomic E-state index is 11.0. The molecular weight excluding hydrogens is 286 g/mol. The van der Waals surface area contributed by atoms with Gasteiger partial charge in [-0.3, -0.25) is 9.69 Å². The first-order valence-electron chi connectivity index (χ1n) is 7.58. The maximum Gasteiger partial charge on any atom is 0.218 e. The number of nitrogens with two attached hydrogens (primary N) is 1. The molecule has 0 saturated carbocycles. The summed E-state index contributed by atoms with van der Waals surface area (Å²) in [6.45, 7) is 4.96. The molecular formula is C16H24ClN3O. The third-order valence-corrected chi connectivity index (χ3v) is 4.36. The van der Waals surface area contributed by atoms with Crippen LogP contribution in [0.5, 0.6) is 0 Å². The summed E-state index contributed by atoms with van der Waals surface area (Å²) in [6, 6.07) is 8.33. The first-order valence-corrected chi connectivity index (χ1v) is 7.96. The normalized spacial score (nSPS) is 18.6. The van der Waals surface area contributed by atoms with E-state index in [2.05, 4.69) is 16.3 Å². The highest BCUT2D eigenvalue weighted by Gasteiger charge is 2.25. The summed E-state index contributed by atoms with van der Waals surface area (Å²) in [5.41, 5.74) is 6.40. The van der Waals surface area contributed by atoms with Crippen LogP contribution in [-0.2, 0) is 4.79 Å². The average molecular weight is 310 g/mol. The van der Waals surface area contributed by atoms with Crippen LogP contribution in [0.2, 0.25) is 5.02 Å². The molecule has 5 heteroatoms. The monoisotopic (exact) mass is 309 g/mol. The largest absolute Gasteiger partial charge is 0.370 e. The molecule has 3 N–H and O–H groups in total. The predicted molar refractivity (Wildman–Crippen MR) is 86.3 cm³/mol. The number of hydrogen-bond donors (Lipinski definition) is 2. The van der Waals surface area contributed by atoms with E-state index in [-0.39, 0.29) is 18.0 Å². The first-order chi connectivity index (χ1) is 10.1. The lowest BCUT2D eigenvalue weighted by atomic mass is 10.0. The third-order valence-electron chi connectivity index (χ3n) is 4.01. The Kier molecular flexibility index (Phi) is 6.03. The van der Waals surface area contributed by atoms with E-state index in [1.54, 1.807) is 0 Å². The highest BCUT2D eigenvalue weighted by Crippen LogP contribution is 2.29. The summed E-state index contributed by atoms with van der Waals surface area (Å²) in [7, 11) is 0. The molecule has 1 amide bonds. The number of rotatable bonds is 7. The van der Waals surface area contributed by atoms with E-state index in [9.17, 15) is 4.79 Å². The van der Waals surface area contributed by atoms with E-state index in [0.29, 0.717) is 6.42 Å². The fourth-order valence-corrected chi connectivity index (χ4v) is 3.18. The Morgan fingerprint density at radius 3 is 2.67 bits per heavy atom. The molecule has 116 valence electrons. The zero-order valence-corrected chi connectivity index (χ0v) is 13.3. The molecule has 0 radical (unpaired) electrons. The molecule has 1 aliphatic rings. The standard InChI is InChI=1S/C16H24ClN3O/c1-12(10-16(18)21)19-11-15(20-8-4-5-9-20)13-6-2-3-7-14(13)17/h2-3,6-7,12,15,19H,4-5,8-11H2,1H3,(H2,18,21)/t12-,15+/m0/s1. The molecule has 2 atom stereocenters. The first kappa shape index (κ1) is 16.3. The van der Waals surface area contributed by atoms with Crippen molar-refractivity contribution in [3.63, 3.8) is 0 Å². The van der Waals surface area contributed by atoms with Gasteiger partial charge in [0.2, 0.25) is 5.91 Å². The number of carbonyl (C=O) groups excluding carboxylic acids is 1. The van der Waals surface area contributed by atoms with Gasteiger partial charge in [-0.1, -0.05) is 29.8 Å². The number of carbonyl (C=O) groups is 1. The SMILES string of the molecule is C[C@@H](CC(N)=O)NC[C@H](c1ccccc1Cl)N1CCCC1. The molecule has 21 heavy (non-hydrogen) atoms. The van der Waals surface area contributed by atoms with Crippen molar-refractivity contribution in [1.82, 2.24) is 10.2 Å². The highest BCUT2D eigenvalue weighted by atomic mass is 35.5. The lowest BCUT2D eigenvalue weighted by Gasteiger charge is -2.30. The molecule has 2 rings (SSSR count). The number of likely N-dealkylation sites (tertiary alicyclic amines) is 1. The van der Waals surface area contributed by atoms with Gasteiger partial charge in [0.05, 0.1) is 0 Å². The Bertz CT molecular complexity index is 474. The highest BCUT2D eigenvalue weighted by molar-refractivity contribution is 6.31. The van der Waals surface area contributed by atoms with Crippen LogP contribution >= 0.6 is 11.6 Å². The van der Waals surface area contributed by atoms with Crippen LogP contribution in [0.15, 0.2) is 24.3 Å². The molecule has 1 heterocycles. The number of hydrogen-bond acceptors (Lipinski definition) is 3. The molecule has 0 aliphatic carbocycles. The molecule has 1 aromatic carbocycles. The van der Waals surface area contributed by atoms with Gasteiger partial charge in [0, 0.05) is 30.1 Å². The van der Waals surface area contributed by atoms with Crippen LogP contribution < -0.4 is 11.1 Å². The number of primary amides is 1. The molecule has 1 saturated heterocycles. The van der Waals surface area contributed by atoms with E-state index in [1.165, 1.54) is 12.8 Å². The van der Waals surface area contributed by atoms with Gasteiger partial charge in [-0.2, -0.15) is 0 Å². The fourth-order valence-electron chi connectivity index (χ4n) is 2.92. The maximum absolute atomic E-state index is 11.0. The molecule has 4 nitrogen and oxygen atoms in total. The Morgan fingerprint density at radius 2 is 2.05 bits per heavy atom. The Morgan fingerprint density at radius 1 is 1.38 bits per heavy atom. The van der Waals surface area contributed by atoms with Crippen molar-refractivity contribution >= 4 is 17.5 Å². The van der Waals surface area contributed by atoms with Crippen molar-refractivity contribution in [2.24, 2.45) is 5.73 Å². The van der Waals surface area contributed by atoms with Crippen molar-refractivity contribution in [1.29, 1.82) is 0 Å². The summed E-state index contributed by atoms with van der Waals surface area (Å²) in [5, 5.41) is 4.22. The summed E-state index contributed by atoms with van der Waals surface area (Å²) in [4.78, 5) is 13.4. The number of halogens is 1. The van der Waals surface area contributed by atoms with Gasteiger partial charge in [0.25, 0.3) is 0 Å². The quantitative estimate of drug-likeness (QED) is 0.813. The summed E-state index contributed by atoms with van der Waals surface area (Å²) in [6.07, 6.45) is 2.82. The molecule has 0 spiro atoms. The number of amides is 1. The molecule has 1 aliphatic heterocycles. The van der Waals surface area contributed by atoms with E-state index in [4.69, 9.17) is 17.3 Å². The van der Waals surface area contributed by atoms with Crippen molar-refractivity contribution in [2.45, 2.75) is 38.3 Å². The minimum atomic E-state index is -0.273. The second-order valence-electron chi connectivity index (χ2n) is 5.76. The third kappa shape index (κ3) is 4.70. The van der Waals surface area contributed by atoms with Gasteiger partial charge in [-0.25, -0.2) is 0 Å². The minimum Gasteiger partial charge on any atom is -0.370 e. The number of nitrogens with zero attached hydrogens (tertiary/aromatic N) is 1. The summed E-state index contributed by atoms with van der Waals surface area (Å²) < 4.78 is 0. The van der Waals surface area contributed by atoms with E-state index in [1.807, 2.05) is 25.1 Å². The molecule has 0 aromatic heterocycles. The molecule has 0 bridgehead atoms. The van der Waals surface area contributed by atoms with E-state index >= 15 is 0 Å². The molecule has 0 unspecified atom stereocenters. The Balaban J connectivity index is 2.06. The smallest absolute Gasteiger partial charge is 0.218 e. The minimum absolute atomic E-state index is 0.0788. The van der Waals surface area contributed by atoms with Gasteiger partial charge < -0.3 is 11.1 Å². The predicted octanol–water partition coefficient (Wildman–Crippen LogP) is 2.33. The van der Waals surface area contributed by atoms with Gasteiger partial charge in [0.1, 0.15) is 0 Å². The number of benzene rings is 1. The van der Waals surface area contributed by atoms with Crippen LogP contribution in [0, 0.1) is 0 Å². The zero-order chi connectivity index (χ0) is 15.2. The Labute approximate surface area is 131 Å².